The molecule has 2 heterocycles. The Morgan fingerprint density at radius 3 is 2.31 bits per heavy atom. The van der Waals surface area contributed by atoms with Crippen molar-refractivity contribution in [1.29, 1.82) is 0 Å². The number of aliphatic carboxylic acids is 1. The topological polar surface area (TPSA) is 89.3 Å². The average Bonchev–Trinajstić information content (AvgIpc) is 3.10. The summed E-state index contributed by atoms with van der Waals surface area (Å²) in [6.07, 6.45) is 5.08. The van der Waals surface area contributed by atoms with E-state index >= 15 is 0 Å². The van der Waals surface area contributed by atoms with Gasteiger partial charge in [-0.2, -0.15) is 0 Å². The number of rotatable bonds is 7. The van der Waals surface area contributed by atoms with E-state index in [1.165, 1.54) is 0 Å². The Hall–Kier alpha value is -3.71. The van der Waals surface area contributed by atoms with E-state index in [-0.39, 0.29) is 16.2 Å². The van der Waals surface area contributed by atoms with E-state index in [0.29, 0.717) is 17.7 Å². The van der Waals surface area contributed by atoms with Gasteiger partial charge in [0.15, 0.2) is 0 Å². The van der Waals surface area contributed by atoms with Crippen molar-refractivity contribution in [3.05, 3.63) is 102 Å². The Balaban J connectivity index is 1.80. The van der Waals surface area contributed by atoms with Crippen LogP contribution >= 0.6 is 0 Å². The summed E-state index contributed by atoms with van der Waals surface area (Å²) >= 11 is 0. The van der Waals surface area contributed by atoms with Gasteiger partial charge in [0.1, 0.15) is 0 Å². The molecule has 0 spiro atoms. The lowest BCUT2D eigenvalue weighted by molar-refractivity contribution is -0.136. The van der Waals surface area contributed by atoms with Gasteiger partial charge < -0.3 is 9.67 Å². The summed E-state index contributed by atoms with van der Waals surface area (Å²) in [4.78, 5) is 16.0. The van der Waals surface area contributed by atoms with Crippen LogP contribution in [-0.2, 0) is 27.6 Å². The smallest absolute Gasteiger partial charge is 0.307 e. The number of nitrogens with zero attached hydrogens (tertiary/aromatic N) is 2. The first-order valence-electron chi connectivity index (χ1n) is 10.1. The van der Waals surface area contributed by atoms with E-state index < -0.39 is 15.8 Å². The average molecular weight is 447 g/mol. The first-order chi connectivity index (χ1) is 15.4. The Bertz CT molecular complexity index is 1360. The Morgan fingerprint density at radius 1 is 0.969 bits per heavy atom. The van der Waals surface area contributed by atoms with Crippen LogP contribution in [0.4, 0.5) is 0 Å². The summed E-state index contributed by atoms with van der Waals surface area (Å²) in [5.74, 6) is -0.923. The summed E-state index contributed by atoms with van der Waals surface area (Å²) in [6, 6.07) is 18.9. The molecule has 6 nitrogen and oxygen atoms in total. The Kier molecular flexibility index (Phi) is 5.92. The molecular formula is C25H22N2O4S. The Labute approximate surface area is 186 Å². The molecule has 32 heavy (non-hydrogen) atoms. The van der Waals surface area contributed by atoms with Crippen molar-refractivity contribution in [3.63, 3.8) is 0 Å². The van der Waals surface area contributed by atoms with Crippen LogP contribution in [0.3, 0.4) is 0 Å². The van der Waals surface area contributed by atoms with E-state index in [1.54, 1.807) is 67.0 Å². The highest BCUT2D eigenvalue weighted by Gasteiger charge is 2.22. The second-order valence-electron chi connectivity index (χ2n) is 7.47. The molecule has 0 fully saturated rings. The number of aromatic nitrogens is 2. The molecule has 162 valence electrons. The van der Waals surface area contributed by atoms with Gasteiger partial charge in [0.25, 0.3) is 0 Å². The molecule has 2 aromatic heterocycles. The van der Waals surface area contributed by atoms with Gasteiger partial charge in [0.05, 0.1) is 16.2 Å². The van der Waals surface area contributed by atoms with Crippen molar-refractivity contribution >= 4 is 15.8 Å². The van der Waals surface area contributed by atoms with Crippen LogP contribution in [0, 0.1) is 6.92 Å². The predicted octanol–water partition coefficient (Wildman–Crippen LogP) is 4.37. The van der Waals surface area contributed by atoms with Crippen LogP contribution in [0.1, 0.15) is 16.8 Å². The fourth-order valence-corrected chi connectivity index (χ4v) is 5.33. The van der Waals surface area contributed by atoms with Crippen LogP contribution in [0.25, 0.3) is 11.1 Å². The summed E-state index contributed by atoms with van der Waals surface area (Å²) in [5, 5.41) is 9.44. The van der Waals surface area contributed by atoms with E-state index in [1.807, 2.05) is 29.8 Å². The standard InChI is InChI=1S/C25H22N2O4S/c1-18-22(15-25(28)29)23(19-11-13-26-14-12-19)17-27(18)16-20-7-5-6-10-24(20)32(30,31)21-8-3-2-4-9-21/h2-14,17H,15-16H2,1H3,(H,28,29). The number of hydrogen-bond acceptors (Lipinski definition) is 4. The van der Waals surface area contributed by atoms with Crippen LogP contribution in [0.5, 0.6) is 0 Å². The van der Waals surface area contributed by atoms with Crippen molar-refractivity contribution in [1.82, 2.24) is 9.55 Å². The van der Waals surface area contributed by atoms with Gasteiger partial charge in [-0.05, 0) is 53.9 Å². The van der Waals surface area contributed by atoms with Crippen molar-refractivity contribution in [2.24, 2.45) is 0 Å². The fraction of sp³-hybridized carbons (Fsp3) is 0.120. The maximum Gasteiger partial charge on any atom is 0.307 e. The lowest BCUT2D eigenvalue weighted by Gasteiger charge is -2.13. The summed E-state index contributed by atoms with van der Waals surface area (Å²) in [5.41, 5.74) is 3.79. The zero-order valence-corrected chi connectivity index (χ0v) is 18.3. The quantitative estimate of drug-likeness (QED) is 0.455. The molecule has 0 aliphatic rings. The van der Waals surface area contributed by atoms with Gasteiger partial charge in [-0.15, -0.1) is 0 Å². The third-order valence-corrected chi connectivity index (χ3v) is 7.32. The maximum absolute atomic E-state index is 13.3. The summed E-state index contributed by atoms with van der Waals surface area (Å²) in [7, 11) is -3.69. The number of carbonyl (C=O) groups is 1. The number of carboxylic acids is 1. The highest BCUT2D eigenvalue weighted by atomic mass is 32.2. The molecule has 0 radical (unpaired) electrons. The Morgan fingerprint density at radius 2 is 1.62 bits per heavy atom. The zero-order chi connectivity index (χ0) is 22.7. The molecule has 7 heteroatoms. The molecule has 2 aromatic carbocycles. The molecule has 0 amide bonds. The first kappa shape index (κ1) is 21.5. The van der Waals surface area contributed by atoms with E-state index in [2.05, 4.69) is 4.98 Å². The van der Waals surface area contributed by atoms with E-state index in [4.69, 9.17) is 0 Å². The predicted molar refractivity (Wildman–Crippen MR) is 121 cm³/mol. The third-order valence-electron chi connectivity index (χ3n) is 5.45. The molecule has 0 saturated heterocycles. The fourth-order valence-electron chi connectivity index (χ4n) is 3.82. The number of benzene rings is 2. The number of sulfone groups is 1. The SMILES string of the molecule is Cc1c(CC(=O)O)c(-c2ccncc2)cn1Cc1ccccc1S(=O)(=O)c1ccccc1. The number of pyridine rings is 1. The van der Waals surface area contributed by atoms with Crippen LogP contribution in [0.15, 0.2) is 95.1 Å². The molecule has 0 aliphatic carbocycles. The number of carboxylic acid groups (broad SMARTS) is 1. The van der Waals surface area contributed by atoms with Gasteiger partial charge in [-0.1, -0.05) is 36.4 Å². The minimum atomic E-state index is -3.69. The van der Waals surface area contributed by atoms with Gasteiger partial charge in [0, 0.05) is 36.4 Å². The second-order valence-corrected chi connectivity index (χ2v) is 9.38. The summed E-state index contributed by atoms with van der Waals surface area (Å²) in [6.45, 7) is 2.16. The number of hydrogen-bond donors (Lipinski definition) is 1. The molecule has 1 N–H and O–H groups in total. The molecule has 4 aromatic rings. The lowest BCUT2D eigenvalue weighted by atomic mass is 10.0. The van der Waals surface area contributed by atoms with Crippen molar-refractivity contribution in [2.45, 2.75) is 29.7 Å². The third kappa shape index (κ3) is 4.20. The highest BCUT2D eigenvalue weighted by molar-refractivity contribution is 7.91. The monoisotopic (exact) mass is 446 g/mol. The molecule has 4 rings (SSSR count). The van der Waals surface area contributed by atoms with Crippen LogP contribution < -0.4 is 0 Å². The van der Waals surface area contributed by atoms with E-state index in [9.17, 15) is 18.3 Å². The molecule has 0 unspecified atom stereocenters. The molecule has 0 aliphatic heterocycles. The minimum Gasteiger partial charge on any atom is -0.481 e. The molecular weight excluding hydrogens is 424 g/mol. The lowest BCUT2D eigenvalue weighted by Crippen LogP contribution is -2.10. The largest absolute Gasteiger partial charge is 0.481 e. The van der Waals surface area contributed by atoms with Gasteiger partial charge in [-0.3, -0.25) is 9.78 Å². The van der Waals surface area contributed by atoms with E-state index in [0.717, 1.165) is 16.8 Å². The van der Waals surface area contributed by atoms with Gasteiger partial charge in [-0.25, -0.2) is 8.42 Å². The van der Waals surface area contributed by atoms with Crippen LogP contribution in [-0.4, -0.2) is 29.0 Å². The molecule has 0 bridgehead atoms. The summed E-state index contributed by atoms with van der Waals surface area (Å²) < 4.78 is 28.5. The first-order valence-corrected chi connectivity index (χ1v) is 11.5. The van der Waals surface area contributed by atoms with Crippen LogP contribution in [0.2, 0.25) is 0 Å². The van der Waals surface area contributed by atoms with Crippen molar-refractivity contribution < 1.29 is 18.3 Å². The minimum absolute atomic E-state index is 0.125. The normalized spacial score (nSPS) is 11.4. The van der Waals surface area contributed by atoms with Gasteiger partial charge >= 0.3 is 5.97 Å². The van der Waals surface area contributed by atoms with Crippen molar-refractivity contribution in [3.8, 4) is 11.1 Å². The maximum atomic E-state index is 13.3. The molecule has 0 atom stereocenters. The second kappa shape index (κ2) is 8.80. The zero-order valence-electron chi connectivity index (χ0n) is 17.5. The highest BCUT2D eigenvalue weighted by Crippen LogP contribution is 2.30. The molecule has 0 saturated carbocycles. The van der Waals surface area contributed by atoms with Crippen molar-refractivity contribution in [2.75, 3.05) is 0 Å². The van der Waals surface area contributed by atoms with Gasteiger partial charge in [0.2, 0.25) is 9.84 Å².